The lowest BCUT2D eigenvalue weighted by Crippen LogP contribution is -2.23. The van der Waals surface area contributed by atoms with Crippen LogP contribution in [-0.4, -0.2) is 32.7 Å². The van der Waals surface area contributed by atoms with Crippen LogP contribution in [0.5, 0.6) is 0 Å². The lowest BCUT2D eigenvalue weighted by atomic mass is 10.0. The van der Waals surface area contributed by atoms with E-state index in [1.54, 1.807) is 31.2 Å². The van der Waals surface area contributed by atoms with E-state index in [9.17, 15) is 22.8 Å². The minimum Gasteiger partial charge on any atom is -0.452 e. The number of ether oxygens (including phenoxy) is 1. The smallest absolute Gasteiger partial charge is 0.338 e. The Kier molecular flexibility index (Phi) is 5.58. The Morgan fingerprint density at radius 2 is 1.69 bits per heavy atom. The predicted molar refractivity (Wildman–Crippen MR) is 117 cm³/mol. The van der Waals surface area contributed by atoms with Gasteiger partial charge in [0.05, 0.1) is 15.4 Å². The molecule has 0 saturated carbocycles. The van der Waals surface area contributed by atoms with Crippen molar-refractivity contribution in [2.24, 2.45) is 0 Å². The van der Waals surface area contributed by atoms with Crippen LogP contribution in [0, 0.1) is 6.92 Å². The van der Waals surface area contributed by atoms with E-state index < -0.39 is 34.1 Å². The fourth-order valence-corrected chi connectivity index (χ4v) is 5.21. The quantitative estimate of drug-likeness (QED) is 0.455. The topological polar surface area (TPSA) is 107 Å². The van der Waals surface area contributed by atoms with E-state index in [1.165, 1.54) is 30.3 Å². The SMILES string of the molecule is Cc1c(Cl)cccc1NC(=O)COC(=O)c1ccc2c(c1)S(=O)(=O)c1ccccc1C2=O. The zero-order valence-electron chi connectivity index (χ0n) is 16.7. The average molecular weight is 470 g/mol. The normalized spacial score (nSPS) is 13.6. The number of hydrogen-bond acceptors (Lipinski definition) is 6. The van der Waals surface area contributed by atoms with E-state index in [4.69, 9.17) is 16.3 Å². The van der Waals surface area contributed by atoms with Gasteiger partial charge < -0.3 is 10.1 Å². The number of benzene rings is 3. The van der Waals surface area contributed by atoms with Crippen molar-refractivity contribution in [3.8, 4) is 0 Å². The Labute approximate surface area is 188 Å². The van der Waals surface area contributed by atoms with E-state index in [0.29, 0.717) is 16.3 Å². The van der Waals surface area contributed by atoms with Crippen molar-refractivity contribution in [1.29, 1.82) is 0 Å². The molecule has 1 heterocycles. The summed E-state index contributed by atoms with van der Waals surface area (Å²) in [6, 6.07) is 14.6. The average Bonchev–Trinajstić information content (AvgIpc) is 2.79. The fourth-order valence-electron chi connectivity index (χ4n) is 3.35. The van der Waals surface area contributed by atoms with Crippen LogP contribution in [0.3, 0.4) is 0 Å². The molecule has 0 atom stereocenters. The Balaban J connectivity index is 1.52. The number of ketones is 1. The van der Waals surface area contributed by atoms with Gasteiger partial charge in [-0.15, -0.1) is 0 Å². The second-order valence-electron chi connectivity index (χ2n) is 7.08. The van der Waals surface area contributed by atoms with E-state index in [2.05, 4.69) is 5.32 Å². The Morgan fingerprint density at radius 3 is 2.47 bits per heavy atom. The summed E-state index contributed by atoms with van der Waals surface area (Å²) in [7, 11) is -3.99. The molecular weight excluding hydrogens is 454 g/mol. The first kappa shape index (κ1) is 21.7. The van der Waals surface area contributed by atoms with Crippen molar-refractivity contribution >= 4 is 44.8 Å². The van der Waals surface area contributed by atoms with Gasteiger partial charge in [0.2, 0.25) is 9.84 Å². The fraction of sp³-hybridized carbons (Fsp3) is 0.0870. The molecule has 0 bridgehead atoms. The molecule has 0 unspecified atom stereocenters. The number of carbonyl (C=O) groups excluding carboxylic acids is 3. The Bertz CT molecular complexity index is 1400. The number of sulfone groups is 1. The lowest BCUT2D eigenvalue weighted by Gasteiger charge is -2.19. The first-order valence-electron chi connectivity index (χ1n) is 9.45. The molecule has 4 rings (SSSR count). The van der Waals surface area contributed by atoms with Crippen LogP contribution in [0.4, 0.5) is 5.69 Å². The standard InChI is InChI=1S/C23H16ClNO6S/c1-13-17(24)6-4-7-18(13)25-21(26)12-31-23(28)14-9-10-16-20(11-14)32(29,30)19-8-3-2-5-15(19)22(16)27/h2-11H,12H2,1H3,(H,25,26). The van der Waals surface area contributed by atoms with Gasteiger partial charge in [0, 0.05) is 21.8 Å². The molecule has 32 heavy (non-hydrogen) atoms. The van der Waals surface area contributed by atoms with Gasteiger partial charge in [-0.2, -0.15) is 0 Å². The van der Waals surface area contributed by atoms with Crippen molar-refractivity contribution in [3.63, 3.8) is 0 Å². The van der Waals surface area contributed by atoms with Crippen molar-refractivity contribution in [2.45, 2.75) is 16.7 Å². The minimum atomic E-state index is -3.99. The van der Waals surface area contributed by atoms with E-state index in [1.807, 2.05) is 0 Å². The summed E-state index contributed by atoms with van der Waals surface area (Å²) in [5.74, 6) is -1.92. The van der Waals surface area contributed by atoms with Crippen molar-refractivity contribution in [1.82, 2.24) is 0 Å². The summed E-state index contributed by atoms with van der Waals surface area (Å²) < 4.78 is 31.0. The Morgan fingerprint density at radius 1 is 0.969 bits per heavy atom. The summed E-state index contributed by atoms with van der Waals surface area (Å²) in [4.78, 5) is 36.9. The second-order valence-corrected chi connectivity index (χ2v) is 9.37. The first-order valence-corrected chi connectivity index (χ1v) is 11.3. The summed E-state index contributed by atoms with van der Waals surface area (Å²) >= 11 is 6.02. The number of nitrogens with one attached hydrogen (secondary N) is 1. The number of anilines is 1. The molecule has 0 fully saturated rings. The van der Waals surface area contributed by atoms with Gasteiger partial charge >= 0.3 is 5.97 Å². The summed E-state index contributed by atoms with van der Waals surface area (Å²) in [6.07, 6.45) is 0. The highest BCUT2D eigenvalue weighted by molar-refractivity contribution is 7.91. The van der Waals surface area contributed by atoms with Crippen LogP contribution >= 0.6 is 11.6 Å². The number of esters is 1. The molecule has 0 aliphatic carbocycles. The molecular formula is C23H16ClNO6S. The van der Waals surface area contributed by atoms with Crippen LogP contribution in [-0.2, 0) is 19.4 Å². The maximum atomic E-state index is 13.0. The van der Waals surface area contributed by atoms with Crippen molar-refractivity contribution in [3.05, 3.63) is 87.9 Å². The molecule has 162 valence electrons. The van der Waals surface area contributed by atoms with E-state index in [-0.39, 0.29) is 26.5 Å². The molecule has 1 aliphatic rings. The zero-order valence-corrected chi connectivity index (χ0v) is 18.3. The van der Waals surface area contributed by atoms with Gasteiger partial charge in [0.1, 0.15) is 0 Å². The van der Waals surface area contributed by atoms with Gasteiger partial charge in [-0.25, -0.2) is 13.2 Å². The Hall–Kier alpha value is -3.49. The molecule has 3 aromatic rings. The third kappa shape index (κ3) is 3.79. The van der Waals surface area contributed by atoms with E-state index >= 15 is 0 Å². The summed E-state index contributed by atoms with van der Waals surface area (Å²) in [5.41, 5.74) is 1.12. The van der Waals surface area contributed by atoms with E-state index in [0.717, 1.165) is 6.07 Å². The largest absolute Gasteiger partial charge is 0.452 e. The first-order chi connectivity index (χ1) is 15.2. The zero-order chi connectivity index (χ0) is 23.0. The van der Waals surface area contributed by atoms with Gasteiger partial charge in [-0.1, -0.05) is 29.8 Å². The number of carbonyl (C=O) groups is 3. The molecule has 7 nitrogen and oxygen atoms in total. The highest BCUT2D eigenvalue weighted by Gasteiger charge is 2.35. The third-order valence-corrected chi connectivity index (χ3v) is 7.31. The molecule has 9 heteroatoms. The summed E-state index contributed by atoms with van der Waals surface area (Å²) in [5, 5.41) is 3.07. The van der Waals surface area contributed by atoms with Gasteiger partial charge in [0.15, 0.2) is 12.4 Å². The van der Waals surface area contributed by atoms with Crippen LogP contribution in [0.1, 0.15) is 31.8 Å². The molecule has 1 amide bonds. The molecule has 1 N–H and O–H groups in total. The van der Waals surface area contributed by atoms with Crippen molar-refractivity contribution < 1.29 is 27.5 Å². The van der Waals surface area contributed by atoms with Crippen LogP contribution in [0.25, 0.3) is 0 Å². The van der Waals surface area contributed by atoms with Gasteiger partial charge in [-0.05, 0) is 55.0 Å². The second kappa shape index (κ2) is 8.22. The highest BCUT2D eigenvalue weighted by Crippen LogP contribution is 2.34. The highest BCUT2D eigenvalue weighted by atomic mass is 35.5. The lowest BCUT2D eigenvalue weighted by molar-refractivity contribution is -0.119. The molecule has 3 aromatic carbocycles. The molecule has 0 saturated heterocycles. The maximum Gasteiger partial charge on any atom is 0.338 e. The number of halogens is 1. The molecule has 1 aliphatic heterocycles. The van der Waals surface area contributed by atoms with Crippen LogP contribution in [0.15, 0.2) is 70.5 Å². The molecule has 0 spiro atoms. The number of hydrogen-bond donors (Lipinski definition) is 1. The number of fused-ring (bicyclic) bond motifs is 2. The van der Waals surface area contributed by atoms with Gasteiger partial charge in [0.25, 0.3) is 5.91 Å². The monoisotopic (exact) mass is 469 g/mol. The van der Waals surface area contributed by atoms with Crippen molar-refractivity contribution in [2.75, 3.05) is 11.9 Å². The minimum absolute atomic E-state index is 0.0191. The molecule has 0 aromatic heterocycles. The van der Waals surface area contributed by atoms with Gasteiger partial charge in [-0.3, -0.25) is 9.59 Å². The van der Waals surface area contributed by atoms with Crippen LogP contribution in [0.2, 0.25) is 5.02 Å². The van der Waals surface area contributed by atoms with Crippen LogP contribution < -0.4 is 5.32 Å². The summed E-state index contributed by atoms with van der Waals surface area (Å²) in [6.45, 7) is 1.15. The number of rotatable bonds is 4. The third-order valence-electron chi connectivity index (χ3n) is 5.05. The predicted octanol–water partition coefficient (Wildman–Crippen LogP) is 3.82. The molecule has 0 radical (unpaired) electrons. The maximum absolute atomic E-state index is 13.0. The number of amides is 1.